The van der Waals surface area contributed by atoms with Gasteiger partial charge in [0.2, 0.25) is 0 Å². The lowest BCUT2D eigenvalue weighted by molar-refractivity contribution is 0.0664. The molecule has 1 aliphatic heterocycles. The second kappa shape index (κ2) is 8.68. The van der Waals surface area contributed by atoms with Gasteiger partial charge in [0.05, 0.1) is 0 Å². The van der Waals surface area contributed by atoms with E-state index in [1.54, 1.807) is 24.3 Å². The van der Waals surface area contributed by atoms with Crippen LogP contribution in [0, 0.1) is 5.92 Å². The van der Waals surface area contributed by atoms with Gasteiger partial charge in [0.15, 0.2) is 0 Å². The first-order valence-corrected chi connectivity index (χ1v) is 8.58. The molecule has 0 radical (unpaired) electrons. The Kier molecular flexibility index (Phi) is 6.61. The number of urea groups is 1. The molecule has 0 atom stereocenters. The quantitative estimate of drug-likeness (QED) is 0.869. The zero-order chi connectivity index (χ0) is 17.5. The molecule has 2 rings (SSSR count). The van der Waals surface area contributed by atoms with Crippen molar-refractivity contribution in [2.24, 2.45) is 5.92 Å². The number of carbonyl (C=O) groups excluding carboxylic acids is 2. The van der Waals surface area contributed by atoms with Gasteiger partial charge in [-0.1, -0.05) is 13.8 Å². The van der Waals surface area contributed by atoms with Gasteiger partial charge in [0.1, 0.15) is 0 Å². The Labute approximate surface area is 144 Å². The maximum absolute atomic E-state index is 12.5. The third-order valence-electron chi connectivity index (χ3n) is 4.19. The number of nitrogens with one attached hydrogen (secondary N) is 2. The first kappa shape index (κ1) is 18.3. The summed E-state index contributed by atoms with van der Waals surface area (Å²) in [5.41, 5.74) is 1.34. The van der Waals surface area contributed by atoms with Gasteiger partial charge in [-0.3, -0.25) is 4.79 Å². The molecule has 0 bridgehead atoms. The third-order valence-corrected chi connectivity index (χ3v) is 4.19. The fourth-order valence-corrected chi connectivity index (χ4v) is 2.54. The minimum absolute atomic E-state index is 0.0519. The molecule has 1 aromatic carbocycles. The summed E-state index contributed by atoms with van der Waals surface area (Å²) in [6.45, 7) is 8.22. The first-order chi connectivity index (χ1) is 11.5. The van der Waals surface area contributed by atoms with E-state index in [4.69, 9.17) is 0 Å². The molecule has 132 valence electrons. The van der Waals surface area contributed by atoms with Crippen molar-refractivity contribution < 1.29 is 9.59 Å². The molecule has 6 nitrogen and oxygen atoms in total. The van der Waals surface area contributed by atoms with Crippen LogP contribution in [0.4, 0.5) is 10.5 Å². The molecule has 3 amide bonds. The van der Waals surface area contributed by atoms with Crippen LogP contribution in [0.2, 0.25) is 0 Å². The van der Waals surface area contributed by atoms with Gasteiger partial charge in [-0.2, -0.15) is 0 Å². The highest BCUT2D eigenvalue weighted by molar-refractivity contribution is 5.95. The smallest absolute Gasteiger partial charge is 0.319 e. The highest BCUT2D eigenvalue weighted by Crippen LogP contribution is 2.13. The van der Waals surface area contributed by atoms with Crippen molar-refractivity contribution in [3.8, 4) is 0 Å². The van der Waals surface area contributed by atoms with Gasteiger partial charge in [-0.05, 0) is 43.7 Å². The Morgan fingerprint density at radius 3 is 2.29 bits per heavy atom. The van der Waals surface area contributed by atoms with Crippen LogP contribution in [0.25, 0.3) is 0 Å². The van der Waals surface area contributed by atoms with Crippen molar-refractivity contribution in [3.63, 3.8) is 0 Å². The van der Waals surface area contributed by atoms with Crippen LogP contribution in [0.3, 0.4) is 0 Å². The minimum Gasteiger partial charge on any atom is -0.338 e. The van der Waals surface area contributed by atoms with E-state index in [2.05, 4.69) is 36.4 Å². The van der Waals surface area contributed by atoms with E-state index in [9.17, 15) is 9.59 Å². The standard InChI is InChI=1S/C18H28N4O2/c1-14(2)8-9-19-18(24)20-16-6-4-15(5-7-16)17(23)22-12-10-21(3)11-13-22/h4-7,14H,8-13H2,1-3H3,(H2,19,20,24). The Morgan fingerprint density at radius 1 is 1.08 bits per heavy atom. The number of carbonyl (C=O) groups is 2. The zero-order valence-electron chi connectivity index (χ0n) is 14.8. The second-order valence-electron chi connectivity index (χ2n) is 6.74. The summed E-state index contributed by atoms with van der Waals surface area (Å²) in [5.74, 6) is 0.612. The first-order valence-electron chi connectivity index (χ1n) is 8.58. The molecule has 0 saturated carbocycles. The molecular weight excluding hydrogens is 304 g/mol. The lowest BCUT2D eigenvalue weighted by Gasteiger charge is -2.32. The summed E-state index contributed by atoms with van der Waals surface area (Å²) in [6.07, 6.45) is 0.950. The maximum atomic E-state index is 12.5. The summed E-state index contributed by atoms with van der Waals surface area (Å²) in [4.78, 5) is 28.3. The Bertz CT molecular complexity index is 549. The van der Waals surface area contributed by atoms with E-state index in [0.29, 0.717) is 23.7 Å². The number of rotatable bonds is 5. The van der Waals surface area contributed by atoms with E-state index in [1.807, 2.05) is 4.90 Å². The zero-order valence-corrected chi connectivity index (χ0v) is 14.8. The number of benzene rings is 1. The predicted molar refractivity (Wildman–Crippen MR) is 96.3 cm³/mol. The molecule has 1 aromatic rings. The van der Waals surface area contributed by atoms with Gasteiger partial charge in [0.25, 0.3) is 5.91 Å². The van der Waals surface area contributed by atoms with Crippen molar-refractivity contribution in [1.82, 2.24) is 15.1 Å². The third kappa shape index (κ3) is 5.53. The molecule has 1 aliphatic rings. The number of hydrogen-bond acceptors (Lipinski definition) is 3. The molecular formula is C18H28N4O2. The molecule has 24 heavy (non-hydrogen) atoms. The number of piperazine rings is 1. The van der Waals surface area contributed by atoms with E-state index in [1.165, 1.54) is 0 Å². The number of hydrogen-bond donors (Lipinski definition) is 2. The second-order valence-corrected chi connectivity index (χ2v) is 6.74. The number of amides is 3. The normalized spacial score (nSPS) is 15.4. The summed E-state index contributed by atoms with van der Waals surface area (Å²) >= 11 is 0. The molecule has 1 fully saturated rings. The van der Waals surface area contributed by atoms with E-state index in [0.717, 1.165) is 32.6 Å². The average Bonchev–Trinajstić information content (AvgIpc) is 2.55. The highest BCUT2D eigenvalue weighted by Gasteiger charge is 2.20. The number of likely N-dealkylation sites (N-methyl/N-ethyl adjacent to an activating group) is 1. The number of anilines is 1. The maximum Gasteiger partial charge on any atom is 0.319 e. The van der Waals surface area contributed by atoms with Crippen molar-refractivity contribution in [2.45, 2.75) is 20.3 Å². The van der Waals surface area contributed by atoms with Crippen LogP contribution in [0.1, 0.15) is 30.6 Å². The van der Waals surface area contributed by atoms with Crippen LogP contribution < -0.4 is 10.6 Å². The summed E-state index contributed by atoms with van der Waals surface area (Å²) in [5, 5.41) is 5.61. The molecule has 2 N–H and O–H groups in total. The molecule has 0 spiro atoms. The van der Waals surface area contributed by atoms with Gasteiger partial charge in [-0.25, -0.2) is 4.79 Å². The highest BCUT2D eigenvalue weighted by atomic mass is 16.2. The molecule has 1 heterocycles. The van der Waals surface area contributed by atoms with Crippen LogP contribution in [-0.2, 0) is 0 Å². The summed E-state index contributed by atoms with van der Waals surface area (Å²) in [7, 11) is 2.06. The minimum atomic E-state index is -0.214. The fourth-order valence-electron chi connectivity index (χ4n) is 2.54. The molecule has 0 aromatic heterocycles. The van der Waals surface area contributed by atoms with E-state index in [-0.39, 0.29) is 11.9 Å². The van der Waals surface area contributed by atoms with Gasteiger partial charge < -0.3 is 20.4 Å². The summed E-state index contributed by atoms with van der Waals surface area (Å²) < 4.78 is 0. The fraction of sp³-hybridized carbons (Fsp3) is 0.556. The molecule has 0 aliphatic carbocycles. The van der Waals surface area contributed by atoms with Gasteiger partial charge in [-0.15, -0.1) is 0 Å². The summed E-state index contributed by atoms with van der Waals surface area (Å²) in [6, 6.07) is 6.86. The SMILES string of the molecule is CC(C)CCNC(=O)Nc1ccc(C(=O)N2CCN(C)CC2)cc1. The predicted octanol–water partition coefficient (Wildman–Crippen LogP) is 2.24. The van der Waals surface area contributed by atoms with Crippen LogP contribution >= 0.6 is 0 Å². The van der Waals surface area contributed by atoms with Gasteiger partial charge >= 0.3 is 6.03 Å². The van der Waals surface area contributed by atoms with Crippen molar-refractivity contribution in [3.05, 3.63) is 29.8 Å². The van der Waals surface area contributed by atoms with Crippen LogP contribution in [-0.4, -0.2) is 61.5 Å². The van der Waals surface area contributed by atoms with Crippen molar-refractivity contribution >= 4 is 17.6 Å². The molecule has 0 unspecified atom stereocenters. The average molecular weight is 332 g/mol. The monoisotopic (exact) mass is 332 g/mol. The van der Waals surface area contributed by atoms with E-state index >= 15 is 0 Å². The lowest BCUT2D eigenvalue weighted by atomic mass is 10.1. The largest absolute Gasteiger partial charge is 0.338 e. The van der Waals surface area contributed by atoms with Crippen LogP contribution in [0.5, 0.6) is 0 Å². The van der Waals surface area contributed by atoms with Gasteiger partial charge in [0, 0.05) is 44.0 Å². The molecule has 6 heteroatoms. The van der Waals surface area contributed by atoms with E-state index < -0.39 is 0 Å². The number of nitrogens with zero attached hydrogens (tertiary/aromatic N) is 2. The lowest BCUT2D eigenvalue weighted by Crippen LogP contribution is -2.47. The Morgan fingerprint density at radius 2 is 1.71 bits per heavy atom. The Hall–Kier alpha value is -2.08. The van der Waals surface area contributed by atoms with Crippen molar-refractivity contribution in [1.29, 1.82) is 0 Å². The topological polar surface area (TPSA) is 64.7 Å². The van der Waals surface area contributed by atoms with Crippen molar-refractivity contribution in [2.75, 3.05) is 45.1 Å². The molecule has 1 saturated heterocycles. The Balaban J connectivity index is 1.84. The van der Waals surface area contributed by atoms with Crippen LogP contribution in [0.15, 0.2) is 24.3 Å².